The first-order chi connectivity index (χ1) is 15.5. The number of hydrogen-bond donors (Lipinski definition) is 1. The second-order valence-corrected chi connectivity index (χ2v) is 7.97. The lowest BCUT2D eigenvalue weighted by Crippen LogP contribution is -3.12. The molecule has 1 saturated heterocycles. The molecule has 0 radical (unpaired) electrons. The third-order valence-corrected chi connectivity index (χ3v) is 5.92. The lowest BCUT2D eigenvalue weighted by atomic mass is 9.95. The van der Waals surface area contributed by atoms with Crippen molar-refractivity contribution in [1.29, 1.82) is 0 Å². The standard InChI is InChI=1S/C26H32N2O4/c1-4-17-32-21-14-10-13-20(18-21)23-22(24(29)19-11-8-7-9-12-19)25(30)26(31)28(23)16-15-27(5-2)6-3/h7-14,18,23,29H,4-6,15-17H2,1-3H3. The van der Waals surface area contributed by atoms with Crippen LogP contribution in [-0.4, -0.2) is 49.4 Å². The summed E-state index contributed by atoms with van der Waals surface area (Å²) < 4.78 is 5.77. The molecule has 0 aliphatic carbocycles. The molecule has 3 rings (SSSR count). The first-order valence-corrected chi connectivity index (χ1v) is 11.4. The maximum atomic E-state index is 13.4. The van der Waals surface area contributed by atoms with E-state index in [9.17, 15) is 14.7 Å². The molecule has 6 heteroatoms. The summed E-state index contributed by atoms with van der Waals surface area (Å²) in [6, 6.07) is 15.3. The summed E-state index contributed by atoms with van der Waals surface area (Å²) in [7, 11) is 0. The van der Waals surface area contributed by atoms with Crippen LogP contribution in [0.15, 0.2) is 60.2 Å². The van der Waals surface area contributed by atoms with E-state index in [1.54, 1.807) is 29.2 Å². The van der Waals surface area contributed by atoms with Crippen molar-refractivity contribution in [3.8, 4) is 5.75 Å². The number of carbonyl (C=O) groups excluding carboxylic acids is 2. The maximum absolute atomic E-state index is 13.4. The number of ketones is 1. The highest BCUT2D eigenvalue weighted by atomic mass is 16.5. The number of rotatable bonds is 10. The van der Waals surface area contributed by atoms with Crippen LogP contribution < -0.4 is 14.7 Å². The molecular weight excluding hydrogens is 404 g/mol. The number of Topliss-reactive ketones (excluding diaryl/α,β-unsaturated/α-hetero) is 1. The number of amides is 1. The van der Waals surface area contributed by atoms with Gasteiger partial charge in [0.2, 0.25) is 5.78 Å². The monoisotopic (exact) mass is 436 g/mol. The Labute approximate surface area is 190 Å². The van der Waals surface area contributed by atoms with Crippen molar-refractivity contribution >= 4 is 17.4 Å². The van der Waals surface area contributed by atoms with E-state index >= 15 is 0 Å². The average molecular weight is 437 g/mol. The summed E-state index contributed by atoms with van der Waals surface area (Å²) in [4.78, 5) is 29.0. The van der Waals surface area contributed by atoms with Crippen LogP contribution in [0.5, 0.6) is 5.75 Å². The van der Waals surface area contributed by atoms with Gasteiger partial charge in [-0.3, -0.25) is 9.59 Å². The Balaban J connectivity index is 2.07. The van der Waals surface area contributed by atoms with E-state index in [1.165, 1.54) is 4.90 Å². The van der Waals surface area contributed by atoms with Crippen molar-refractivity contribution in [3.05, 3.63) is 71.3 Å². The molecule has 0 saturated carbocycles. The molecule has 0 spiro atoms. The van der Waals surface area contributed by atoms with Crippen LogP contribution in [0.3, 0.4) is 0 Å². The molecular formula is C26H32N2O4. The molecule has 1 unspecified atom stereocenters. The van der Waals surface area contributed by atoms with E-state index in [-0.39, 0.29) is 5.57 Å². The smallest absolute Gasteiger partial charge is 0.295 e. The van der Waals surface area contributed by atoms with E-state index in [0.717, 1.165) is 19.5 Å². The van der Waals surface area contributed by atoms with Crippen LogP contribution >= 0.6 is 0 Å². The quantitative estimate of drug-likeness (QED) is 0.349. The molecule has 1 fully saturated rings. The molecule has 6 nitrogen and oxygen atoms in total. The maximum Gasteiger partial charge on any atom is 0.295 e. The van der Waals surface area contributed by atoms with Crippen molar-refractivity contribution in [2.75, 3.05) is 32.8 Å². The van der Waals surface area contributed by atoms with Gasteiger partial charge in [-0.25, -0.2) is 0 Å². The van der Waals surface area contributed by atoms with Gasteiger partial charge in [0.1, 0.15) is 5.75 Å². The Morgan fingerprint density at radius 2 is 1.75 bits per heavy atom. The summed E-state index contributed by atoms with van der Waals surface area (Å²) in [6.45, 7) is 9.75. The van der Waals surface area contributed by atoms with Crippen LogP contribution in [-0.2, 0) is 9.59 Å². The van der Waals surface area contributed by atoms with Crippen molar-refractivity contribution in [2.24, 2.45) is 0 Å². The highest BCUT2D eigenvalue weighted by molar-refractivity contribution is 6.46. The molecule has 0 aromatic heterocycles. The van der Waals surface area contributed by atoms with Gasteiger partial charge in [-0.15, -0.1) is 0 Å². The Morgan fingerprint density at radius 1 is 1.03 bits per heavy atom. The van der Waals surface area contributed by atoms with Crippen LogP contribution in [0.25, 0.3) is 5.76 Å². The first-order valence-electron chi connectivity index (χ1n) is 11.4. The van der Waals surface area contributed by atoms with Gasteiger partial charge in [-0.1, -0.05) is 55.1 Å². The summed E-state index contributed by atoms with van der Waals surface area (Å²) in [5.74, 6) is -1.05. The van der Waals surface area contributed by atoms with Crippen LogP contribution in [0.2, 0.25) is 0 Å². The second-order valence-electron chi connectivity index (χ2n) is 7.97. The van der Waals surface area contributed by atoms with Crippen LogP contribution in [0.1, 0.15) is 44.4 Å². The number of nitrogens with one attached hydrogen (secondary N) is 1. The van der Waals surface area contributed by atoms with Crippen molar-refractivity contribution < 1.29 is 24.3 Å². The largest absolute Gasteiger partial charge is 0.872 e. The fourth-order valence-corrected chi connectivity index (χ4v) is 4.07. The number of ether oxygens (including phenoxy) is 1. The summed E-state index contributed by atoms with van der Waals surface area (Å²) in [5, 5.41) is 13.4. The Bertz CT molecular complexity index is 967. The number of likely N-dealkylation sites (N-methyl/N-ethyl adjacent to an activating group) is 1. The van der Waals surface area contributed by atoms with E-state index in [1.807, 2.05) is 37.3 Å². The summed E-state index contributed by atoms with van der Waals surface area (Å²) >= 11 is 0. The number of quaternary nitrogens is 1. The number of carbonyl (C=O) groups is 2. The third kappa shape index (κ3) is 5.02. The lowest BCUT2D eigenvalue weighted by Gasteiger charge is -2.28. The van der Waals surface area contributed by atoms with E-state index in [2.05, 4.69) is 13.8 Å². The first kappa shape index (κ1) is 23.5. The topological polar surface area (TPSA) is 74.1 Å². The normalized spacial score (nSPS) is 17.9. The van der Waals surface area contributed by atoms with E-state index < -0.39 is 23.5 Å². The van der Waals surface area contributed by atoms with Gasteiger partial charge in [-0.05, 0) is 43.5 Å². The molecule has 1 atom stereocenters. The minimum Gasteiger partial charge on any atom is -0.872 e. The van der Waals surface area contributed by atoms with Gasteiger partial charge in [0.05, 0.1) is 38.8 Å². The molecule has 2 aromatic rings. The number of nitrogens with zero attached hydrogens (tertiary/aromatic N) is 1. The Kier molecular flexibility index (Phi) is 8.06. The molecule has 1 amide bonds. The van der Waals surface area contributed by atoms with Crippen molar-refractivity contribution in [3.63, 3.8) is 0 Å². The highest BCUT2D eigenvalue weighted by Crippen LogP contribution is 2.39. The Hall–Kier alpha value is -3.12. The number of hydrogen-bond acceptors (Lipinski definition) is 4. The SMILES string of the molecule is CCCOc1cccc(C2C(=C([O-])c3ccccc3)C(=O)C(=O)N2CC[NH+](CC)CC)c1. The minimum atomic E-state index is -0.720. The van der Waals surface area contributed by atoms with E-state index in [0.29, 0.717) is 36.6 Å². The molecule has 32 heavy (non-hydrogen) atoms. The third-order valence-electron chi connectivity index (χ3n) is 5.92. The van der Waals surface area contributed by atoms with Gasteiger partial charge < -0.3 is 19.6 Å². The number of likely N-dealkylation sites (tertiary alicyclic amines) is 1. The minimum absolute atomic E-state index is 0.0170. The predicted octanol–water partition coefficient (Wildman–Crippen LogP) is 1.62. The zero-order valence-electron chi connectivity index (χ0n) is 19.1. The summed E-state index contributed by atoms with van der Waals surface area (Å²) in [5.41, 5.74) is 1.14. The van der Waals surface area contributed by atoms with Gasteiger partial charge in [-0.2, -0.15) is 0 Å². The molecule has 0 bridgehead atoms. The predicted molar refractivity (Wildman–Crippen MR) is 122 cm³/mol. The van der Waals surface area contributed by atoms with Gasteiger partial charge in [0, 0.05) is 5.57 Å². The fraction of sp³-hybridized carbons (Fsp3) is 0.385. The molecule has 2 aromatic carbocycles. The fourth-order valence-electron chi connectivity index (χ4n) is 4.07. The zero-order chi connectivity index (χ0) is 23.1. The molecule has 1 aliphatic rings. The van der Waals surface area contributed by atoms with E-state index in [4.69, 9.17) is 4.74 Å². The number of benzene rings is 2. The second kappa shape index (κ2) is 11.0. The van der Waals surface area contributed by atoms with Crippen LogP contribution in [0, 0.1) is 0 Å². The lowest BCUT2D eigenvalue weighted by molar-refractivity contribution is -0.895. The Morgan fingerprint density at radius 3 is 2.41 bits per heavy atom. The van der Waals surface area contributed by atoms with Gasteiger partial charge in [0.25, 0.3) is 5.91 Å². The average Bonchev–Trinajstić information content (AvgIpc) is 3.08. The molecule has 1 aliphatic heterocycles. The van der Waals surface area contributed by atoms with Crippen molar-refractivity contribution in [2.45, 2.75) is 33.2 Å². The van der Waals surface area contributed by atoms with Crippen LogP contribution in [0.4, 0.5) is 0 Å². The molecule has 1 N–H and O–H groups in total. The summed E-state index contributed by atoms with van der Waals surface area (Å²) in [6.07, 6.45) is 0.868. The van der Waals surface area contributed by atoms with Gasteiger partial charge in [0.15, 0.2) is 0 Å². The molecule has 1 heterocycles. The highest BCUT2D eigenvalue weighted by Gasteiger charge is 2.44. The van der Waals surface area contributed by atoms with Crippen molar-refractivity contribution in [1.82, 2.24) is 4.90 Å². The van der Waals surface area contributed by atoms with Gasteiger partial charge >= 0.3 is 0 Å². The molecule has 170 valence electrons. The zero-order valence-corrected chi connectivity index (χ0v) is 19.1.